The van der Waals surface area contributed by atoms with Crippen molar-refractivity contribution in [2.45, 2.75) is 64.1 Å². The third kappa shape index (κ3) is 7.22. The molecule has 0 radical (unpaired) electrons. The number of methoxy groups -OCH3 is 1. The van der Waals surface area contributed by atoms with Gasteiger partial charge in [-0.15, -0.1) is 0 Å². The normalized spacial score (nSPS) is 13.6. The number of halogens is 6. The van der Waals surface area contributed by atoms with E-state index in [4.69, 9.17) is 4.74 Å². The van der Waals surface area contributed by atoms with Crippen LogP contribution >= 0.6 is 0 Å². The molecule has 5 aromatic rings. The highest BCUT2D eigenvalue weighted by Gasteiger charge is 2.36. The fourth-order valence-corrected chi connectivity index (χ4v) is 5.22. The molecule has 0 saturated heterocycles. The molecule has 1 aromatic carbocycles. The Balaban J connectivity index is 1.38. The van der Waals surface area contributed by atoms with Crippen molar-refractivity contribution in [1.82, 2.24) is 44.7 Å². The number of hydrogen-bond acceptors (Lipinski definition) is 10. The molecule has 1 saturated carbocycles. The maximum Gasteiger partial charge on any atom is 0.434 e. The summed E-state index contributed by atoms with van der Waals surface area (Å²) in [6.45, 7) is 3.20. The summed E-state index contributed by atoms with van der Waals surface area (Å²) >= 11 is 0. The predicted molar refractivity (Wildman–Crippen MR) is 162 cm³/mol. The quantitative estimate of drug-likeness (QED) is 0.174. The van der Waals surface area contributed by atoms with Gasteiger partial charge in [-0.2, -0.15) is 36.4 Å². The van der Waals surface area contributed by atoms with Crippen molar-refractivity contribution >= 4 is 5.95 Å². The molecule has 0 amide bonds. The molecule has 1 fully saturated rings. The molecule has 1 aliphatic rings. The summed E-state index contributed by atoms with van der Waals surface area (Å²) in [7, 11) is 1.44. The van der Waals surface area contributed by atoms with E-state index in [9.17, 15) is 31.1 Å². The second-order valence-electron chi connectivity index (χ2n) is 11.6. The second-order valence-corrected chi connectivity index (χ2v) is 11.6. The molecule has 0 spiro atoms. The van der Waals surface area contributed by atoms with Gasteiger partial charge in [0.05, 0.1) is 25.0 Å². The molecule has 49 heavy (non-hydrogen) atoms. The van der Waals surface area contributed by atoms with Crippen LogP contribution in [0.1, 0.15) is 66.9 Å². The largest absolute Gasteiger partial charge is 0.480 e. The number of alkyl halides is 6. The third-order valence-electron chi connectivity index (χ3n) is 7.74. The summed E-state index contributed by atoms with van der Waals surface area (Å²) < 4.78 is 88.1. The van der Waals surface area contributed by atoms with Gasteiger partial charge in [0, 0.05) is 30.3 Å². The lowest BCUT2D eigenvalue weighted by atomic mass is 10.1. The molecule has 4 aromatic heterocycles. The average molecular weight is 687 g/mol. The maximum absolute atomic E-state index is 13.6. The number of nitrogens with zero attached hydrogens (tertiary/aromatic N) is 9. The van der Waals surface area contributed by atoms with Crippen LogP contribution in [0.15, 0.2) is 54.0 Å². The van der Waals surface area contributed by atoms with Crippen molar-refractivity contribution in [2.24, 2.45) is 0 Å². The Bertz CT molecular complexity index is 2020. The number of H-pyrrole nitrogens is 1. The van der Waals surface area contributed by atoms with Crippen LogP contribution in [0.25, 0.3) is 22.8 Å². The number of ether oxygens (including phenoxy) is 1. The smallest absolute Gasteiger partial charge is 0.434 e. The molecule has 0 unspecified atom stereocenters. The van der Waals surface area contributed by atoms with Gasteiger partial charge in [0.15, 0.2) is 11.5 Å². The van der Waals surface area contributed by atoms with Crippen molar-refractivity contribution in [3.8, 4) is 28.7 Å². The first-order valence-corrected chi connectivity index (χ1v) is 15.0. The number of nitrogens with one attached hydrogen (secondary N) is 1. The number of imidazole rings is 1. The van der Waals surface area contributed by atoms with Crippen LogP contribution in [0.2, 0.25) is 0 Å². The van der Waals surface area contributed by atoms with E-state index >= 15 is 0 Å². The third-order valence-corrected chi connectivity index (χ3v) is 7.74. The Morgan fingerprint density at radius 3 is 2.31 bits per heavy atom. The monoisotopic (exact) mass is 686 g/mol. The summed E-state index contributed by atoms with van der Waals surface area (Å²) in [5, 5.41) is 5.72. The molecule has 6 rings (SSSR count). The van der Waals surface area contributed by atoms with Crippen LogP contribution < -0.4 is 15.2 Å². The molecule has 1 aliphatic carbocycles. The summed E-state index contributed by atoms with van der Waals surface area (Å²) in [6.07, 6.45) is -4.17. The van der Waals surface area contributed by atoms with Gasteiger partial charge >= 0.3 is 12.4 Å². The van der Waals surface area contributed by atoms with Crippen molar-refractivity contribution < 1.29 is 31.1 Å². The van der Waals surface area contributed by atoms with Crippen molar-refractivity contribution in [2.75, 3.05) is 12.0 Å². The van der Waals surface area contributed by atoms with Gasteiger partial charge in [0.2, 0.25) is 11.8 Å². The zero-order chi connectivity index (χ0) is 35.1. The summed E-state index contributed by atoms with van der Waals surface area (Å²) in [6, 6.07) is 6.84. The van der Waals surface area contributed by atoms with Crippen molar-refractivity contribution in [3.05, 3.63) is 87.7 Å². The van der Waals surface area contributed by atoms with Crippen LogP contribution in [0.4, 0.5) is 32.3 Å². The molecule has 0 aliphatic heterocycles. The lowest BCUT2D eigenvalue weighted by molar-refractivity contribution is -0.141. The highest BCUT2D eigenvalue weighted by Crippen LogP contribution is 2.45. The lowest BCUT2D eigenvalue weighted by Gasteiger charge is -2.23. The number of anilines is 1. The topological polar surface area (TPSA) is 140 Å². The van der Waals surface area contributed by atoms with Crippen LogP contribution in [-0.4, -0.2) is 51.8 Å². The highest BCUT2D eigenvalue weighted by molar-refractivity contribution is 5.66. The van der Waals surface area contributed by atoms with E-state index in [0.29, 0.717) is 28.5 Å². The standard InChI is InChI=1S/C31H28F6N10O2/c1-16(2)47-13-22(31(35,36)37)42-26(47)19-6-4-17(5-7-19)11-46(12-20-10-21(30(32,33)34)27(48)45-44-20)29-41-15-39-25(43-29)23-24(18-8-9-18)38-14-40-28(23)49-3/h4-7,10,13-16,18H,8-9,11-12H2,1-3H3,(H,45,48). The van der Waals surface area contributed by atoms with Gasteiger partial charge in [-0.1, -0.05) is 24.3 Å². The summed E-state index contributed by atoms with van der Waals surface area (Å²) in [5.74, 6) is 0.744. The van der Waals surface area contributed by atoms with Gasteiger partial charge < -0.3 is 14.2 Å². The first kappa shape index (κ1) is 33.5. The van der Waals surface area contributed by atoms with Gasteiger partial charge in [0.1, 0.15) is 29.6 Å². The van der Waals surface area contributed by atoms with E-state index in [1.54, 1.807) is 38.1 Å². The molecule has 12 nitrogen and oxygen atoms in total. The highest BCUT2D eigenvalue weighted by atomic mass is 19.4. The molecule has 1 N–H and O–H groups in total. The molecular formula is C31H28F6N10O2. The van der Waals surface area contributed by atoms with E-state index in [0.717, 1.165) is 19.0 Å². The Hall–Kier alpha value is -5.42. The first-order valence-electron chi connectivity index (χ1n) is 15.0. The Morgan fingerprint density at radius 1 is 0.959 bits per heavy atom. The minimum absolute atomic E-state index is 0.0101. The van der Waals surface area contributed by atoms with E-state index in [1.165, 1.54) is 29.2 Å². The zero-order valence-electron chi connectivity index (χ0n) is 26.2. The predicted octanol–water partition coefficient (Wildman–Crippen LogP) is 5.99. The fourth-order valence-electron chi connectivity index (χ4n) is 5.22. The number of aromatic nitrogens is 9. The minimum Gasteiger partial charge on any atom is -0.480 e. The summed E-state index contributed by atoms with van der Waals surface area (Å²) in [4.78, 5) is 39.1. The Morgan fingerprint density at radius 2 is 1.67 bits per heavy atom. The molecule has 18 heteroatoms. The average Bonchev–Trinajstić information content (AvgIpc) is 3.80. The van der Waals surface area contributed by atoms with E-state index in [-0.39, 0.29) is 54.2 Å². The zero-order valence-corrected chi connectivity index (χ0v) is 26.2. The van der Waals surface area contributed by atoms with E-state index in [1.807, 2.05) is 5.10 Å². The number of benzene rings is 1. The molecule has 4 heterocycles. The number of hydrogen-bond donors (Lipinski definition) is 1. The van der Waals surface area contributed by atoms with Crippen LogP contribution in [0, 0.1) is 0 Å². The lowest BCUT2D eigenvalue weighted by Crippen LogP contribution is -2.28. The number of rotatable bonds is 10. The minimum atomic E-state index is -4.93. The Kier molecular flexibility index (Phi) is 8.81. The second kappa shape index (κ2) is 12.9. The van der Waals surface area contributed by atoms with Crippen LogP contribution in [0.5, 0.6) is 5.88 Å². The molecule has 256 valence electrons. The van der Waals surface area contributed by atoms with E-state index < -0.39 is 29.2 Å². The molecule has 0 atom stereocenters. The van der Waals surface area contributed by atoms with Gasteiger partial charge in [-0.05, 0) is 38.3 Å². The SMILES string of the molecule is COc1ncnc(C2CC2)c1-c1ncnc(N(Cc2ccc(-c3nc(C(F)(F)F)cn3C(C)C)cc2)Cc2cc(C(F)(F)F)c(=O)[nH]n2)n1. The van der Waals surface area contributed by atoms with E-state index in [2.05, 4.69) is 35.0 Å². The fraction of sp³-hybridized carbons (Fsp3) is 0.355. The Labute approximate surface area is 274 Å². The molecule has 0 bridgehead atoms. The summed E-state index contributed by atoms with van der Waals surface area (Å²) in [5.41, 5.74) is -1.79. The maximum atomic E-state index is 13.6. The van der Waals surface area contributed by atoms with Crippen LogP contribution in [-0.2, 0) is 25.4 Å². The van der Waals surface area contributed by atoms with Crippen LogP contribution in [0.3, 0.4) is 0 Å². The van der Waals surface area contributed by atoms with Gasteiger partial charge in [0.25, 0.3) is 5.56 Å². The van der Waals surface area contributed by atoms with Crippen molar-refractivity contribution in [1.29, 1.82) is 0 Å². The van der Waals surface area contributed by atoms with Crippen molar-refractivity contribution in [3.63, 3.8) is 0 Å². The number of aromatic amines is 1. The van der Waals surface area contributed by atoms with Gasteiger partial charge in [-0.25, -0.2) is 30.0 Å². The first-order chi connectivity index (χ1) is 23.2. The molecular weight excluding hydrogens is 658 g/mol. The van der Waals surface area contributed by atoms with Gasteiger partial charge in [-0.3, -0.25) is 4.79 Å².